The highest BCUT2D eigenvalue weighted by atomic mass is 32.1. The molecule has 0 bridgehead atoms. The maximum absolute atomic E-state index is 4.74. The Hall–Kier alpha value is -0.760. The molecule has 0 fully saturated rings. The fourth-order valence-electron chi connectivity index (χ4n) is 0.764. The summed E-state index contributed by atoms with van der Waals surface area (Å²) in [5, 5.41) is 1.75. The molecule has 1 aromatic heterocycles. The molecule has 0 radical (unpaired) electrons. The van der Waals surface area contributed by atoms with Crippen molar-refractivity contribution in [1.29, 1.82) is 0 Å². The van der Waals surface area contributed by atoms with Crippen LogP contribution in [0, 0.1) is 0 Å². The smallest absolute Gasteiger partial charge is 0.168 e. The Balaban J connectivity index is 2.78. The van der Waals surface area contributed by atoms with E-state index in [1.807, 2.05) is 24.0 Å². The Morgan fingerprint density at radius 1 is 1.50 bits per heavy atom. The number of rotatable bonds is 2. The van der Waals surface area contributed by atoms with Gasteiger partial charge in [0.15, 0.2) is 12.4 Å². The van der Waals surface area contributed by atoms with E-state index in [2.05, 4.69) is 12.1 Å². The van der Waals surface area contributed by atoms with Gasteiger partial charge in [0.05, 0.1) is 0 Å². The zero-order chi connectivity index (χ0) is 7.40. The Labute approximate surface area is 66.3 Å². The standard InChI is InChI=1S/C8H10NS/c1-9-5-2-8(3-6-9)4-7-10/h2-3,5-7H,4H2,1H3/q+1. The Morgan fingerprint density at radius 2 is 2.10 bits per heavy atom. The van der Waals surface area contributed by atoms with Crippen LogP contribution in [0.25, 0.3) is 0 Å². The lowest BCUT2D eigenvalue weighted by molar-refractivity contribution is -0.671. The molecule has 52 valence electrons. The van der Waals surface area contributed by atoms with E-state index < -0.39 is 0 Å². The van der Waals surface area contributed by atoms with Crippen molar-refractivity contribution >= 4 is 17.6 Å². The lowest BCUT2D eigenvalue weighted by atomic mass is 10.2. The van der Waals surface area contributed by atoms with Gasteiger partial charge in [-0.2, -0.15) is 0 Å². The number of aryl methyl sites for hydroxylation is 1. The number of pyridine rings is 1. The predicted molar refractivity (Wildman–Crippen MR) is 45.0 cm³/mol. The first kappa shape index (κ1) is 7.35. The summed E-state index contributed by atoms with van der Waals surface area (Å²) < 4.78 is 2.01. The summed E-state index contributed by atoms with van der Waals surface area (Å²) in [7, 11) is 2.00. The first-order valence-electron chi connectivity index (χ1n) is 3.21. The van der Waals surface area contributed by atoms with E-state index in [1.165, 1.54) is 5.56 Å². The topological polar surface area (TPSA) is 3.88 Å². The number of thiocarbonyl (C=S) groups is 1. The van der Waals surface area contributed by atoms with Gasteiger partial charge in [-0.3, -0.25) is 0 Å². The molecule has 0 spiro atoms. The quantitative estimate of drug-likeness (QED) is 0.452. The fraction of sp³-hybridized carbons (Fsp3) is 0.250. The summed E-state index contributed by atoms with van der Waals surface area (Å²) in [5.41, 5.74) is 1.27. The molecule has 0 aliphatic rings. The normalized spacial score (nSPS) is 9.30. The molecule has 1 heterocycles. The van der Waals surface area contributed by atoms with Crippen molar-refractivity contribution in [2.24, 2.45) is 7.05 Å². The highest BCUT2D eigenvalue weighted by molar-refractivity contribution is 7.78. The van der Waals surface area contributed by atoms with Crippen LogP contribution in [0.1, 0.15) is 5.56 Å². The van der Waals surface area contributed by atoms with Crippen molar-refractivity contribution in [2.45, 2.75) is 6.42 Å². The molecule has 1 aromatic rings. The van der Waals surface area contributed by atoms with Crippen LogP contribution in [0.2, 0.25) is 0 Å². The van der Waals surface area contributed by atoms with Crippen LogP contribution in [0.5, 0.6) is 0 Å². The summed E-state index contributed by atoms with van der Waals surface area (Å²) in [4.78, 5) is 0. The van der Waals surface area contributed by atoms with Crippen LogP contribution in [-0.2, 0) is 13.5 Å². The molecule has 0 saturated heterocycles. The van der Waals surface area contributed by atoms with E-state index >= 15 is 0 Å². The number of hydrogen-bond acceptors (Lipinski definition) is 1. The molecule has 0 atom stereocenters. The number of nitrogens with zero attached hydrogens (tertiary/aromatic N) is 1. The van der Waals surface area contributed by atoms with Gasteiger partial charge in [0, 0.05) is 18.6 Å². The van der Waals surface area contributed by atoms with Gasteiger partial charge in [0.1, 0.15) is 7.05 Å². The van der Waals surface area contributed by atoms with E-state index in [0.717, 1.165) is 6.42 Å². The average Bonchev–Trinajstić information content (AvgIpc) is 1.95. The third kappa shape index (κ3) is 1.88. The van der Waals surface area contributed by atoms with Crippen LogP contribution in [0.15, 0.2) is 24.5 Å². The third-order valence-electron chi connectivity index (χ3n) is 1.37. The summed E-state index contributed by atoms with van der Waals surface area (Å²) in [6.45, 7) is 0. The summed E-state index contributed by atoms with van der Waals surface area (Å²) in [5.74, 6) is 0. The molecule has 0 aliphatic carbocycles. The Morgan fingerprint density at radius 3 is 2.60 bits per heavy atom. The second kappa shape index (κ2) is 3.42. The van der Waals surface area contributed by atoms with Gasteiger partial charge >= 0.3 is 0 Å². The van der Waals surface area contributed by atoms with Crippen molar-refractivity contribution in [1.82, 2.24) is 0 Å². The molecule has 1 nitrogen and oxygen atoms in total. The molecule has 1 rings (SSSR count). The van der Waals surface area contributed by atoms with E-state index in [1.54, 1.807) is 5.37 Å². The lowest BCUT2D eigenvalue weighted by Crippen LogP contribution is -2.25. The minimum atomic E-state index is 0.885. The van der Waals surface area contributed by atoms with Gasteiger partial charge in [0.25, 0.3) is 0 Å². The molecule has 10 heavy (non-hydrogen) atoms. The first-order chi connectivity index (χ1) is 4.83. The molecule has 0 aromatic carbocycles. The summed E-state index contributed by atoms with van der Waals surface area (Å²) in [6.07, 6.45) is 4.93. The van der Waals surface area contributed by atoms with Gasteiger partial charge in [-0.1, -0.05) is 12.2 Å². The van der Waals surface area contributed by atoms with Crippen molar-refractivity contribution < 1.29 is 4.57 Å². The Kier molecular flexibility index (Phi) is 2.51. The lowest BCUT2D eigenvalue weighted by Gasteiger charge is -1.90. The van der Waals surface area contributed by atoms with E-state index in [-0.39, 0.29) is 0 Å². The summed E-state index contributed by atoms with van der Waals surface area (Å²) in [6, 6.07) is 4.14. The molecule has 0 saturated carbocycles. The van der Waals surface area contributed by atoms with E-state index in [4.69, 9.17) is 12.2 Å². The van der Waals surface area contributed by atoms with E-state index in [9.17, 15) is 0 Å². The molecule has 2 heteroatoms. The van der Waals surface area contributed by atoms with Crippen LogP contribution < -0.4 is 4.57 Å². The van der Waals surface area contributed by atoms with Crippen LogP contribution in [0.3, 0.4) is 0 Å². The molecule has 0 unspecified atom stereocenters. The van der Waals surface area contributed by atoms with Crippen LogP contribution >= 0.6 is 12.2 Å². The predicted octanol–water partition coefficient (Wildman–Crippen LogP) is 1.05. The first-order valence-corrected chi connectivity index (χ1v) is 3.68. The van der Waals surface area contributed by atoms with Crippen molar-refractivity contribution in [2.75, 3.05) is 0 Å². The highest BCUT2D eigenvalue weighted by Gasteiger charge is 1.91. The second-order valence-corrected chi connectivity index (χ2v) is 2.58. The monoisotopic (exact) mass is 152 g/mol. The van der Waals surface area contributed by atoms with Crippen LogP contribution in [0.4, 0.5) is 0 Å². The summed E-state index contributed by atoms with van der Waals surface area (Å²) >= 11 is 4.74. The maximum Gasteiger partial charge on any atom is 0.168 e. The zero-order valence-electron chi connectivity index (χ0n) is 5.95. The maximum atomic E-state index is 4.74. The van der Waals surface area contributed by atoms with Crippen molar-refractivity contribution in [3.8, 4) is 0 Å². The van der Waals surface area contributed by atoms with Crippen molar-refractivity contribution in [3.63, 3.8) is 0 Å². The minimum Gasteiger partial charge on any atom is -0.208 e. The molecular weight excluding hydrogens is 142 g/mol. The minimum absolute atomic E-state index is 0.885. The van der Waals surface area contributed by atoms with Gasteiger partial charge in [-0.05, 0) is 10.9 Å². The van der Waals surface area contributed by atoms with Gasteiger partial charge in [-0.25, -0.2) is 4.57 Å². The number of hydrogen-bond donors (Lipinski definition) is 0. The second-order valence-electron chi connectivity index (χ2n) is 2.24. The SMILES string of the molecule is C[n+]1ccc(CC=S)cc1. The molecule has 0 amide bonds. The van der Waals surface area contributed by atoms with Gasteiger partial charge in [-0.15, -0.1) is 0 Å². The van der Waals surface area contributed by atoms with Gasteiger partial charge < -0.3 is 0 Å². The number of aromatic nitrogens is 1. The van der Waals surface area contributed by atoms with Gasteiger partial charge in [0.2, 0.25) is 0 Å². The molecule has 0 N–H and O–H groups in total. The van der Waals surface area contributed by atoms with E-state index in [0.29, 0.717) is 0 Å². The third-order valence-corrected chi connectivity index (χ3v) is 1.53. The molecular formula is C8H10NS+. The average molecular weight is 152 g/mol. The molecule has 0 aliphatic heterocycles. The highest BCUT2D eigenvalue weighted by Crippen LogP contribution is 1.93. The Bertz CT molecular complexity index is 215. The van der Waals surface area contributed by atoms with Crippen LogP contribution in [-0.4, -0.2) is 5.37 Å². The van der Waals surface area contributed by atoms with Crippen molar-refractivity contribution in [3.05, 3.63) is 30.1 Å². The zero-order valence-corrected chi connectivity index (χ0v) is 6.77. The largest absolute Gasteiger partial charge is 0.208 e. The fourth-order valence-corrected chi connectivity index (χ4v) is 0.957.